The molecule has 0 aliphatic carbocycles. The molecule has 4 heteroatoms. The van der Waals surface area contributed by atoms with Crippen LogP contribution in [0.3, 0.4) is 0 Å². The molecular formula is C21H26N2O2. The number of carbonyl (C=O) groups is 1. The van der Waals surface area contributed by atoms with Crippen molar-refractivity contribution in [3.63, 3.8) is 0 Å². The Morgan fingerprint density at radius 1 is 1.12 bits per heavy atom. The Hall–Kier alpha value is -2.17. The van der Waals surface area contributed by atoms with Gasteiger partial charge in [0.05, 0.1) is 0 Å². The number of carbonyl (C=O) groups excluding carboxylic acids is 1. The second kappa shape index (κ2) is 7.81. The van der Waals surface area contributed by atoms with Crippen molar-refractivity contribution in [2.75, 3.05) is 13.1 Å². The molecule has 0 aromatic heterocycles. The quantitative estimate of drug-likeness (QED) is 0.851. The highest BCUT2D eigenvalue weighted by Crippen LogP contribution is 2.33. The van der Waals surface area contributed by atoms with E-state index in [4.69, 9.17) is 5.73 Å². The summed E-state index contributed by atoms with van der Waals surface area (Å²) in [6.07, 6.45) is 2.45. The summed E-state index contributed by atoms with van der Waals surface area (Å²) in [6, 6.07) is 19.5. The Kier molecular flexibility index (Phi) is 5.51. The lowest BCUT2D eigenvalue weighted by Crippen LogP contribution is -2.45. The second-order valence-corrected chi connectivity index (χ2v) is 7.02. The van der Waals surface area contributed by atoms with Gasteiger partial charge in [-0.1, -0.05) is 60.7 Å². The van der Waals surface area contributed by atoms with Crippen molar-refractivity contribution in [3.05, 3.63) is 71.8 Å². The third-order valence-corrected chi connectivity index (χ3v) is 5.10. The Labute approximate surface area is 149 Å². The Morgan fingerprint density at radius 2 is 1.76 bits per heavy atom. The first-order valence-electron chi connectivity index (χ1n) is 8.92. The maximum Gasteiger partial charge on any atom is 0.254 e. The number of rotatable bonds is 6. The van der Waals surface area contributed by atoms with E-state index in [0.717, 1.165) is 32.5 Å². The van der Waals surface area contributed by atoms with E-state index in [1.807, 2.05) is 24.3 Å². The molecule has 2 aromatic carbocycles. The number of nitrogens with zero attached hydrogens (tertiary/aromatic N) is 1. The maximum atomic E-state index is 12.0. The van der Waals surface area contributed by atoms with Gasteiger partial charge in [-0.2, -0.15) is 0 Å². The van der Waals surface area contributed by atoms with Gasteiger partial charge in [0.1, 0.15) is 0 Å². The first kappa shape index (κ1) is 17.6. The molecule has 1 saturated heterocycles. The fourth-order valence-corrected chi connectivity index (χ4v) is 3.80. The van der Waals surface area contributed by atoms with Crippen molar-refractivity contribution >= 4 is 5.91 Å². The normalized spacial score (nSPS) is 20.8. The molecule has 3 N–H and O–H groups in total. The lowest BCUT2D eigenvalue weighted by molar-refractivity contribution is -0.140. The van der Waals surface area contributed by atoms with Crippen LogP contribution in [-0.2, 0) is 16.9 Å². The summed E-state index contributed by atoms with van der Waals surface area (Å²) in [6.45, 7) is 2.82. The minimum absolute atomic E-state index is 0.246. The number of primary amides is 1. The highest BCUT2D eigenvalue weighted by Gasteiger charge is 2.39. The zero-order chi connectivity index (χ0) is 17.7. The minimum atomic E-state index is -1.60. The predicted octanol–water partition coefficient (Wildman–Crippen LogP) is 2.66. The third kappa shape index (κ3) is 4.27. The summed E-state index contributed by atoms with van der Waals surface area (Å²) < 4.78 is 0. The van der Waals surface area contributed by atoms with E-state index >= 15 is 0 Å². The van der Waals surface area contributed by atoms with Gasteiger partial charge in [0, 0.05) is 13.1 Å². The van der Waals surface area contributed by atoms with Gasteiger partial charge in [0.25, 0.3) is 5.91 Å². The van der Waals surface area contributed by atoms with E-state index < -0.39 is 11.5 Å². The summed E-state index contributed by atoms with van der Waals surface area (Å²) in [4.78, 5) is 14.4. The fourth-order valence-electron chi connectivity index (χ4n) is 3.80. The molecular weight excluding hydrogens is 312 g/mol. The molecule has 0 spiro atoms. The van der Waals surface area contributed by atoms with Gasteiger partial charge < -0.3 is 10.8 Å². The van der Waals surface area contributed by atoms with E-state index in [-0.39, 0.29) is 5.92 Å². The van der Waals surface area contributed by atoms with Crippen molar-refractivity contribution in [2.45, 2.75) is 31.4 Å². The van der Waals surface area contributed by atoms with E-state index in [2.05, 4.69) is 29.2 Å². The van der Waals surface area contributed by atoms with Gasteiger partial charge in [0.2, 0.25) is 0 Å². The fraction of sp³-hybridized carbons (Fsp3) is 0.381. The monoisotopic (exact) mass is 338 g/mol. The number of hydrogen-bond acceptors (Lipinski definition) is 3. The summed E-state index contributed by atoms with van der Waals surface area (Å²) in [7, 11) is 0. The molecule has 0 bridgehead atoms. The largest absolute Gasteiger partial charge is 0.375 e. The zero-order valence-corrected chi connectivity index (χ0v) is 14.5. The topological polar surface area (TPSA) is 66.6 Å². The third-order valence-electron chi connectivity index (χ3n) is 5.10. The Bertz CT molecular complexity index is 690. The van der Waals surface area contributed by atoms with E-state index in [0.29, 0.717) is 12.0 Å². The highest BCUT2D eigenvalue weighted by atomic mass is 16.3. The molecule has 1 aliphatic rings. The average molecular weight is 338 g/mol. The Balaban J connectivity index is 1.69. The van der Waals surface area contributed by atoms with Gasteiger partial charge in [-0.05, 0) is 42.9 Å². The van der Waals surface area contributed by atoms with Crippen LogP contribution in [0, 0.1) is 5.92 Å². The summed E-state index contributed by atoms with van der Waals surface area (Å²) in [5.74, 6) is -0.422. The second-order valence-electron chi connectivity index (χ2n) is 7.02. The first-order chi connectivity index (χ1) is 12.1. The molecule has 0 radical (unpaired) electrons. The molecule has 1 unspecified atom stereocenters. The summed E-state index contributed by atoms with van der Waals surface area (Å²) >= 11 is 0. The molecule has 2 aromatic rings. The highest BCUT2D eigenvalue weighted by molar-refractivity contribution is 5.84. The first-order valence-corrected chi connectivity index (χ1v) is 8.92. The number of piperidine rings is 1. The van der Waals surface area contributed by atoms with Crippen LogP contribution in [-0.4, -0.2) is 29.0 Å². The summed E-state index contributed by atoms with van der Waals surface area (Å²) in [5, 5.41) is 11.0. The minimum Gasteiger partial charge on any atom is -0.375 e. The van der Waals surface area contributed by atoms with Gasteiger partial charge in [-0.15, -0.1) is 0 Å². The van der Waals surface area contributed by atoms with Crippen LogP contribution in [0.25, 0.3) is 0 Å². The molecule has 1 aliphatic heterocycles. The van der Waals surface area contributed by atoms with Crippen LogP contribution < -0.4 is 5.73 Å². The van der Waals surface area contributed by atoms with Crippen LogP contribution in [0.4, 0.5) is 0 Å². The molecule has 132 valence electrons. The number of benzene rings is 2. The molecule has 3 rings (SSSR count). The van der Waals surface area contributed by atoms with Crippen molar-refractivity contribution in [1.29, 1.82) is 0 Å². The zero-order valence-electron chi connectivity index (χ0n) is 14.5. The SMILES string of the molecule is NC(=O)C(O)(C[C@H]1CCCN(Cc2ccccc2)C1)c1ccccc1. The summed E-state index contributed by atoms with van der Waals surface area (Å²) in [5.41, 5.74) is 5.85. The van der Waals surface area contributed by atoms with Crippen molar-refractivity contribution in [1.82, 2.24) is 4.90 Å². The van der Waals surface area contributed by atoms with Crippen molar-refractivity contribution in [2.24, 2.45) is 11.7 Å². The van der Waals surface area contributed by atoms with Crippen molar-refractivity contribution in [3.8, 4) is 0 Å². The molecule has 4 nitrogen and oxygen atoms in total. The number of likely N-dealkylation sites (tertiary alicyclic amines) is 1. The lowest BCUT2D eigenvalue weighted by Gasteiger charge is -2.36. The molecule has 25 heavy (non-hydrogen) atoms. The van der Waals surface area contributed by atoms with Crippen LogP contribution >= 0.6 is 0 Å². The molecule has 0 saturated carbocycles. The number of amides is 1. The average Bonchev–Trinajstić information content (AvgIpc) is 2.63. The van der Waals surface area contributed by atoms with E-state index in [1.165, 1.54) is 5.56 Å². The maximum absolute atomic E-state index is 12.0. The van der Waals surface area contributed by atoms with Gasteiger partial charge in [0.15, 0.2) is 5.60 Å². The Morgan fingerprint density at radius 3 is 2.40 bits per heavy atom. The molecule has 1 heterocycles. The smallest absolute Gasteiger partial charge is 0.254 e. The lowest BCUT2D eigenvalue weighted by atomic mass is 9.81. The standard InChI is InChI=1S/C21H26N2O2/c22-20(24)21(25,19-11-5-2-6-12-19)14-18-10-7-13-23(16-18)15-17-8-3-1-4-9-17/h1-6,8-9,11-12,18,25H,7,10,13-16H2,(H2,22,24)/t18-,21?/m1/s1. The molecule has 1 amide bonds. The van der Waals surface area contributed by atoms with Gasteiger partial charge >= 0.3 is 0 Å². The van der Waals surface area contributed by atoms with E-state index in [1.54, 1.807) is 12.1 Å². The van der Waals surface area contributed by atoms with Crippen LogP contribution in [0.2, 0.25) is 0 Å². The van der Waals surface area contributed by atoms with Gasteiger partial charge in [-0.3, -0.25) is 9.69 Å². The predicted molar refractivity (Wildman–Crippen MR) is 98.6 cm³/mol. The van der Waals surface area contributed by atoms with Crippen LogP contribution in [0.15, 0.2) is 60.7 Å². The molecule has 2 atom stereocenters. The number of nitrogens with two attached hydrogens (primary N) is 1. The number of hydrogen-bond donors (Lipinski definition) is 2. The van der Waals surface area contributed by atoms with Crippen LogP contribution in [0.1, 0.15) is 30.4 Å². The van der Waals surface area contributed by atoms with E-state index in [9.17, 15) is 9.90 Å². The number of aliphatic hydroxyl groups is 1. The van der Waals surface area contributed by atoms with Crippen molar-refractivity contribution < 1.29 is 9.90 Å². The molecule has 1 fully saturated rings. The van der Waals surface area contributed by atoms with Crippen LogP contribution in [0.5, 0.6) is 0 Å². The van der Waals surface area contributed by atoms with Gasteiger partial charge in [-0.25, -0.2) is 0 Å².